The lowest BCUT2D eigenvalue weighted by Crippen LogP contribution is -2.38. The van der Waals surface area contributed by atoms with E-state index in [0.29, 0.717) is 87.6 Å². The van der Waals surface area contributed by atoms with Crippen LogP contribution in [0.3, 0.4) is 0 Å². The van der Waals surface area contributed by atoms with E-state index < -0.39 is 0 Å². The van der Waals surface area contributed by atoms with Crippen LogP contribution in [0.1, 0.15) is 58.9 Å². The molecule has 2 atom stereocenters. The van der Waals surface area contributed by atoms with E-state index in [2.05, 4.69) is 79.1 Å². The summed E-state index contributed by atoms with van der Waals surface area (Å²) in [5.74, 6) is 1.12. The number of benzene rings is 5. The van der Waals surface area contributed by atoms with E-state index in [9.17, 15) is 14.7 Å². The average Bonchev–Trinajstić information content (AvgIpc) is 3.70. The summed E-state index contributed by atoms with van der Waals surface area (Å²) in [5, 5.41) is 21.3. The number of methoxy groups -OCH3 is 2. The number of amides is 2. The Labute approximate surface area is 426 Å². The zero-order valence-electron chi connectivity index (χ0n) is 42.2. The molecule has 5 aromatic carbocycles. The van der Waals surface area contributed by atoms with Crippen LogP contribution in [-0.4, -0.2) is 114 Å². The Morgan fingerprint density at radius 2 is 1.62 bits per heavy atom. The number of phenols is 1. The summed E-state index contributed by atoms with van der Waals surface area (Å²) in [6, 6.07) is 27.5. The Hall–Kier alpha value is -5.78. The van der Waals surface area contributed by atoms with Gasteiger partial charge in [-0.15, -0.1) is 0 Å². The van der Waals surface area contributed by atoms with Crippen LogP contribution in [0.25, 0.3) is 11.1 Å². The summed E-state index contributed by atoms with van der Waals surface area (Å²) in [7, 11) is 8.58. The summed E-state index contributed by atoms with van der Waals surface area (Å²) < 4.78 is 35.8. The summed E-state index contributed by atoms with van der Waals surface area (Å²) in [5.41, 5.74) is 10.7. The SMILES string of the molecule is CNc1cc(OCc2cc(COc3cc4c(cc3O)-c3cccc(C)c3CC(NC=O)CN4)cc(N(CCOCCOCCOC)CC(C)(C)SSC)c2)c(OC)cc1C(=O)N1c2ccccc2C[C@H]1C. The molecule has 14 nitrogen and oxygen atoms in total. The van der Waals surface area contributed by atoms with E-state index in [1.807, 2.05) is 64.2 Å². The van der Waals surface area contributed by atoms with Gasteiger partial charge in [0, 0.05) is 85.4 Å². The molecule has 7 rings (SSSR count). The number of anilines is 4. The number of hydrogen-bond donors (Lipinski definition) is 4. The molecule has 2 heterocycles. The summed E-state index contributed by atoms with van der Waals surface area (Å²) in [6.45, 7) is 13.1. The van der Waals surface area contributed by atoms with Crippen molar-refractivity contribution in [3.05, 3.63) is 118 Å². The van der Waals surface area contributed by atoms with Gasteiger partial charge in [-0.25, -0.2) is 0 Å². The maximum atomic E-state index is 14.3. The van der Waals surface area contributed by atoms with E-state index in [4.69, 9.17) is 28.4 Å². The average molecular weight is 1010 g/mol. The molecule has 5 aromatic rings. The molecule has 0 aromatic heterocycles. The lowest BCUT2D eigenvalue weighted by molar-refractivity contribution is -0.110. The minimum Gasteiger partial charge on any atom is -0.504 e. The van der Waals surface area contributed by atoms with Crippen molar-refractivity contribution in [2.24, 2.45) is 0 Å². The van der Waals surface area contributed by atoms with E-state index in [-0.39, 0.29) is 41.7 Å². The molecule has 0 saturated carbocycles. The first kappa shape index (κ1) is 53.0. The molecule has 0 radical (unpaired) electrons. The minimum atomic E-state index is -0.133. The van der Waals surface area contributed by atoms with Gasteiger partial charge in [0.25, 0.3) is 5.91 Å². The molecule has 380 valence electrons. The highest BCUT2D eigenvalue weighted by Crippen LogP contribution is 2.43. The van der Waals surface area contributed by atoms with E-state index in [1.165, 1.54) is 0 Å². The number of rotatable bonds is 25. The molecule has 0 bridgehead atoms. The van der Waals surface area contributed by atoms with Gasteiger partial charge in [-0.05, 0) is 117 Å². The fraction of sp³-hybridized carbons (Fsp3) is 0.418. The molecule has 16 heteroatoms. The van der Waals surface area contributed by atoms with Crippen molar-refractivity contribution in [1.82, 2.24) is 5.32 Å². The van der Waals surface area contributed by atoms with Crippen molar-refractivity contribution in [3.63, 3.8) is 0 Å². The lowest BCUT2D eigenvalue weighted by atomic mass is 9.89. The molecule has 1 unspecified atom stereocenters. The van der Waals surface area contributed by atoms with Crippen LogP contribution >= 0.6 is 21.6 Å². The molecular formula is C55H69N5O9S2. The molecule has 0 saturated heterocycles. The smallest absolute Gasteiger partial charge is 0.260 e. The van der Waals surface area contributed by atoms with Crippen LogP contribution < -0.4 is 40.0 Å². The summed E-state index contributed by atoms with van der Waals surface area (Å²) in [4.78, 5) is 30.1. The quantitative estimate of drug-likeness (QED) is 0.0190. The predicted molar refractivity (Wildman–Crippen MR) is 288 cm³/mol. The molecular weight excluding hydrogens is 939 g/mol. The first-order valence-electron chi connectivity index (χ1n) is 24.1. The normalized spacial score (nSPS) is 15.1. The monoisotopic (exact) mass is 1010 g/mol. The van der Waals surface area contributed by atoms with Crippen LogP contribution in [0.2, 0.25) is 0 Å². The number of aromatic hydroxyl groups is 1. The zero-order valence-corrected chi connectivity index (χ0v) is 43.9. The molecule has 2 amide bonds. The second-order valence-electron chi connectivity index (χ2n) is 18.4. The van der Waals surface area contributed by atoms with Crippen LogP contribution in [0.4, 0.5) is 22.7 Å². The highest BCUT2D eigenvalue weighted by atomic mass is 33.1. The highest BCUT2D eigenvalue weighted by Gasteiger charge is 2.33. The van der Waals surface area contributed by atoms with Crippen LogP contribution in [0, 0.1) is 6.92 Å². The van der Waals surface area contributed by atoms with E-state index in [1.54, 1.807) is 44.2 Å². The van der Waals surface area contributed by atoms with Crippen molar-refractivity contribution < 1.29 is 43.1 Å². The second kappa shape index (κ2) is 25.1. The van der Waals surface area contributed by atoms with Crippen molar-refractivity contribution in [2.45, 2.75) is 70.6 Å². The Balaban J connectivity index is 1.19. The van der Waals surface area contributed by atoms with Crippen molar-refractivity contribution in [3.8, 4) is 34.1 Å². The van der Waals surface area contributed by atoms with Crippen molar-refractivity contribution >= 4 is 56.7 Å². The van der Waals surface area contributed by atoms with E-state index in [0.717, 1.165) is 68.8 Å². The second-order valence-corrected chi connectivity index (χ2v) is 21.5. The number of hydrogen-bond acceptors (Lipinski definition) is 14. The third-order valence-electron chi connectivity index (χ3n) is 12.7. The standard InChI is InChI=1S/C55H69N5O9S2/c1-36-12-11-14-43-44(36)26-41(58-35-61)31-57-48-30-51(50(62)27-45(43)48)68-32-38-23-39(25-42(24-38)59(34-55(3,4)71-70-8)16-17-66-20-21-67-19-18-64-6)33-69-53-29-47(56-5)46(28-52(53)65-7)54(63)60-37(2)22-40-13-9-10-15-49(40)60/h9-15,23-25,27-30,35,37,41,56-57,62H,16-22,26,31-34H2,1-8H3,(H,58,61)/t37-,41?/m1/s1. The minimum absolute atomic E-state index is 0.00325. The fourth-order valence-corrected chi connectivity index (χ4v) is 11.5. The topological polar surface area (TPSA) is 152 Å². The number of ether oxygens (including phenoxy) is 6. The Morgan fingerprint density at radius 1 is 0.887 bits per heavy atom. The maximum Gasteiger partial charge on any atom is 0.260 e. The van der Waals surface area contributed by atoms with Crippen molar-refractivity contribution in [1.29, 1.82) is 0 Å². The number of phenolic OH excluding ortho intramolecular Hbond substituents is 1. The van der Waals surface area contributed by atoms with Gasteiger partial charge < -0.3 is 59.3 Å². The first-order valence-corrected chi connectivity index (χ1v) is 26.6. The summed E-state index contributed by atoms with van der Waals surface area (Å²) >= 11 is 0. The van der Waals surface area contributed by atoms with E-state index >= 15 is 0 Å². The fourth-order valence-electron chi connectivity index (χ4n) is 9.33. The van der Waals surface area contributed by atoms with Crippen LogP contribution in [0.5, 0.6) is 23.0 Å². The third-order valence-corrected chi connectivity index (χ3v) is 15.3. The molecule has 0 fully saturated rings. The maximum absolute atomic E-state index is 14.3. The number of carbonyl (C=O) groups is 2. The van der Waals surface area contributed by atoms with Gasteiger partial charge in [-0.1, -0.05) is 58.0 Å². The Morgan fingerprint density at radius 3 is 2.34 bits per heavy atom. The van der Waals surface area contributed by atoms with Gasteiger partial charge in [0.05, 0.1) is 51.4 Å². The van der Waals surface area contributed by atoms with Gasteiger partial charge in [-0.3, -0.25) is 9.59 Å². The number of aryl methyl sites for hydroxylation is 1. The largest absolute Gasteiger partial charge is 0.504 e. The van der Waals surface area contributed by atoms with Gasteiger partial charge >= 0.3 is 0 Å². The molecule has 0 spiro atoms. The number of carbonyl (C=O) groups excluding carboxylic acids is 2. The zero-order chi connectivity index (χ0) is 50.5. The highest BCUT2D eigenvalue weighted by molar-refractivity contribution is 8.77. The predicted octanol–water partition coefficient (Wildman–Crippen LogP) is 9.53. The Kier molecular flexibility index (Phi) is 18.7. The van der Waals surface area contributed by atoms with Crippen LogP contribution in [0.15, 0.2) is 84.9 Å². The molecule has 71 heavy (non-hydrogen) atoms. The number of nitrogens with one attached hydrogen (secondary N) is 3. The molecule has 4 N–H and O–H groups in total. The molecule has 2 aliphatic rings. The number of para-hydroxylation sites is 1. The third kappa shape index (κ3) is 13.4. The lowest BCUT2D eigenvalue weighted by Gasteiger charge is -2.34. The van der Waals surface area contributed by atoms with Gasteiger partial charge in [0.15, 0.2) is 23.0 Å². The van der Waals surface area contributed by atoms with Gasteiger partial charge in [-0.2, -0.15) is 0 Å². The summed E-state index contributed by atoms with van der Waals surface area (Å²) in [6.07, 6.45) is 4.27. The number of fused-ring (bicyclic) bond motifs is 4. The molecule has 0 aliphatic carbocycles. The first-order chi connectivity index (χ1) is 34.4. The van der Waals surface area contributed by atoms with Gasteiger partial charge in [0.2, 0.25) is 6.41 Å². The molecule has 2 aliphatic heterocycles. The van der Waals surface area contributed by atoms with Crippen LogP contribution in [-0.2, 0) is 45.1 Å². The van der Waals surface area contributed by atoms with Crippen molar-refractivity contribution in [2.75, 3.05) is 101 Å². The number of nitrogens with zero attached hydrogens (tertiary/aromatic N) is 2. The van der Waals surface area contributed by atoms with Gasteiger partial charge in [0.1, 0.15) is 13.2 Å². The Bertz CT molecular complexity index is 2610.